The summed E-state index contributed by atoms with van der Waals surface area (Å²) in [7, 11) is 0. The van der Waals surface area contributed by atoms with Gasteiger partial charge in [-0.05, 0) is 13.3 Å². The zero-order valence-corrected chi connectivity index (χ0v) is 8.12. The molecule has 70 valence electrons. The third kappa shape index (κ3) is 2.72. The van der Waals surface area contributed by atoms with Crippen molar-refractivity contribution in [2.75, 3.05) is 0 Å². The van der Waals surface area contributed by atoms with Crippen LogP contribution in [0.1, 0.15) is 12.1 Å². The van der Waals surface area contributed by atoms with Gasteiger partial charge in [0.1, 0.15) is 0 Å². The van der Waals surface area contributed by atoms with Crippen molar-refractivity contribution >= 4 is 11.6 Å². The first kappa shape index (κ1) is 10.0. The van der Waals surface area contributed by atoms with Gasteiger partial charge in [-0.2, -0.15) is 10.4 Å². The normalized spacial score (nSPS) is 12.5. The molecule has 0 aliphatic carbocycles. The Morgan fingerprint density at radius 1 is 1.85 bits per heavy atom. The van der Waals surface area contributed by atoms with Crippen LogP contribution in [0.5, 0.6) is 0 Å². The van der Waals surface area contributed by atoms with Crippen molar-refractivity contribution in [1.29, 1.82) is 5.26 Å². The van der Waals surface area contributed by atoms with Crippen molar-refractivity contribution in [1.82, 2.24) is 9.78 Å². The minimum Gasteiger partial charge on any atom is -0.316 e. The van der Waals surface area contributed by atoms with Crippen molar-refractivity contribution in [2.45, 2.75) is 25.9 Å². The van der Waals surface area contributed by atoms with Crippen LogP contribution in [0.4, 0.5) is 0 Å². The molecule has 0 aromatic carbocycles. The Bertz CT molecular complexity index is 306. The zero-order valence-electron chi connectivity index (χ0n) is 7.37. The molecule has 0 saturated carbocycles. The molecular formula is C8H11ClN4. The molecule has 0 radical (unpaired) electrons. The summed E-state index contributed by atoms with van der Waals surface area (Å²) in [6.45, 7) is 2.46. The van der Waals surface area contributed by atoms with Crippen molar-refractivity contribution in [3.8, 4) is 6.07 Å². The van der Waals surface area contributed by atoms with E-state index in [9.17, 15) is 0 Å². The number of hydrogen-bond acceptors (Lipinski definition) is 3. The molecule has 1 unspecified atom stereocenters. The van der Waals surface area contributed by atoms with Crippen LogP contribution < -0.4 is 5.73 Å². The van der Waals surface area contributed by atoms with Gasteiger partial charge in [-0.3, -0.25) is 4.68 Å². The minimum atomic E-state index is -0.428. The molecule has 0 spiro atoms. The number of halogens is 1. The first-order valence-electron chi connectivity index (χ1n) is 3.98. The maximum atomic E-state index is 8.44. The van der Waals surface area contributed by atoms with Gasteiger partial charge in [-0.25, -0.2) is 0 Å². The van der Waals surface area contributed by atoms with Crippen LogP contribution in [0.2, 0.25) is 5.02 Å². The van der Waals surface area contributed by atoms with Crippen molar-refractivity contribution in [2.24, 2.45) is 5.73 Å². The predicted molar refractivity (Wildman–Crippen MR) is 50.2 cm³/mol. The fourth-order valence-corrected chi connectivity index (χ4v) is 1.09. The molecule has 0 fully saturated rings. The van der Waals surface area contributed by atoms with Crippen LogP contribution in [0.15, 0.2) is 6.20 Å². The molecule has 1 aromatic rings. The lowest BCUT2D eigenvalue weighted by molar-refractivity contribution is 0.551. The second-order valence-electron chi connectivity index (χ2n) is 2.85. The molecule has 1 atom stereocenters. The number of aromatic nitrogens is 2. The van der Waals surface area contributed by atoms with Gasteiger partial charge in [-0.1, -0.05) is 11.6 Å². The maximum absolute atomic E-state index is 8.44. The van der Waals surface area contributed by atoms with E-state index < -0.39 is 6.04 Å². The van der Waals surface area contributed by atoms with E-state index in [1.54, 1.807) is 10.9 Å². The standard InChI is InChI=1S/C8H11ClN4/c1-6-8(9)5-13(12-6)3-2-7(11)4-10/h5,7H,2-3,11H2,1H3. The number of aryl methyl sites for hydroxylation is 2. The highest BCUT2D eigenvalue weighted by atomic mass is 35.5. The van der Waals surface area contributed by atoms with Crippen molar-refractivity contribution < 1.29 is 0 Å². The molecule has 2 N–H and O–H groups in total. The Balaban J connectivity index is 2.51. The first-order valence-corrected chi connectivity index (χ1v) is 4.36. The molecule has 1 rings (SSSR count). The fraction of sp³-hybridized carbons (Fsp3) is 0.500. The molecule has 1 aromatic heterocycles. The van der Waals surface area contributed by atoms with Gasteiger partial charge in [0.2, 0.25) is 0 Å². The minimum absolute atomic E-state index is 0.428. The van der Waals surface area contributed by atoms with E-state index in [2.05, 4.69) is 5.10 Å². The summed E-state index contributed by atoms with van der Waals surface area (Å²) in [6.07, 6.45) is 2.33. The summed E-state index contributed by atoms with van der Waals surface area (Å²) in [4.78, 5) is 0. The Morgan fingerprint density at radius 2 is 2.54 bits per heavy atom. The molecule has 0 amide bonds. The fourth-order valence-electron chi connectivity index (χ4n) is 0.944. The van der Waals surface area contributed by atoms with E-state index in [1.807, 2.05) is 13.0 Å². The zero-order chi connectivity index (χ0) is 9.84. The summed E-state index contributed by atoms with van der Waals surface area (Å²) < 4.78 is 1.70. The number of rotatable bonds is 3. The summed E-state index contributed by atoms with van der Waals surface area (Å²) in [6, 6.07) is 1.53. The van der Waals surface area contributed by atoms with Gasteiger partial charge in [0.15, 0.2) is 0 Å². The van der Waals surface area contributed by atoms with E-state index >= 15 is 0 Å². The third-order valence-electron chi connectivity index (χ3n) is 1.72. The topological polar surface area (TPSA) is 67.6 Å². The number of nitriles is 1. The van der Waals surface area contributed by atoms with Gasteiger partial charge >= 0.3 is 0 Å². The highest BCUT2D eigenvalue weighted by Gasteiger charge is 2.04. The molecule has 4 nitrogen and oxygen atoms in total. The quantitative estimate of drug-likeness (QED) is 0.791. The van der Waals surface area contributed by atoms with Crippen LogP contribution in [0, 0.1) is 18.3 Å². The Morgan fingerprint density at radius 3 is 3.00 bits per heavy atom. The average Bonchev–Trinajstić information content (AvgIpc) is 2.42. The van der Waals surface area contributed by atoms with Gasteiger partial charge in [0.25, 0.3) is 0 Å². The monoisotopic (exact) mass is 198 g/mol. The highest BCUT2D eigenvalue weighted by molar-refractivity contribution is 6.31. The SMILES string of the molecule is Cc1nn(CCC(N)C#N)cc1Cl. The first-order chi connectivity index (χ1) is 6.13. The largest absolute Gasteiger partial charge is 0.316 e. The van der Waals surface area contributed by atoms with Crippen LogP contribution in [-0.2, 0) is 6.54 Å². The van der Waals surface area contributed by atoms with E-state index in [4.69, 9.17) is 22.6 Å². The van der Waals surface area contributed by atoms with Crippen LogP contribution in [-0.4, -0.2) is 15.8 Å². The van der Waals surface area contributed by atoms with E-state index in [1.165, 1.54) is 0 Å². The summed E-state index contributed by atoms with van der Waals surface area (Å²) >= 11 is 5.80. The van der Waals surface area contributed by atoms with Crippen molar-refractivity contribution in [3.05, 3.63) is 16.9 Å². The summed E-state index contributed by atoms with van der Waals surface area (Å²) in [5.74, 6) is 0. The van der Waals surface area contributed by atoms with Crippen LogP contribution >= 0.6 is 11.6 Å². The van der Waals surface area contributed by atoms with E-state index in [0.29, 0.717) is 18.0 Å². The van der Waals surface area contributed by atoms with Crippen LogP contribution in [0.3, 0.4) is 0 Å². The van der Waals surface area contributed by atoms with Gasteiger partial charge in [-0.15, -0.1) is 0 Å². The molecule has 0 aliphatic rings. The molecule has 1 heterocycles. The molecule has 0 aliphatic heterocycles. The predicted octanol–water partition coefficient (Wildman–Crippen LogP) is 1.09. The smallest absolute Gasteiger partial charge is 0.0945 e. The van der Waals surface area contributed by atoms with E-state index in [0.717, 1.165) is 5.69 Å². The molecule has 13 heavy (non-hydrogen) atoms. The van der Waals surface area contributed by atoms with Crippen molar-refractivity contribution in [3.63, 3.8) is 0 Å². The number of nitrogens with two attached hydrogens (primary N) is 1. The van der Waals surface area contributed by atoms with Gasteiger partial charge in [0.05, 0.1) is 22.8 Å². The summed E-state index contributed by atoms with van der Waals surface area (Å²) in [5, 5.41) is 13.2. The molecule has 0 bridgehead atoms. The van der Waals surface area contributed by atoms with Crippen LogP contribution in [0.25, 0.3) is 0 Å². The number of hydrogen-bond donors (Lipinski definition) is 1. The van der Waals surface area contributed by atoms with Gasteiger partial charge < -0.3 is 5.73 Å². The lowest BCUT2D eigenvalue weighted by atomic mass is 10.2. The molecule has 0 saturated heterocycles. The molecule has 5 heteroatoms. The Hall–Kier alpha value is -1.05. The lowest BCUT2D eigenvalue weighted by Gasteiger charge is -2.01. The second kappa shape index (κ2) is 4.26. The summed E-state index contributed by atoms with van der Waals surface area (Å²) in [5.41, 5.74) is 6.23. The maximum Gasteiger partial charge on any atom is 0.0945 e. The average molecular weight is 199 g/mol. The van der Waals surface area contributed by atoms with E-state index in [-0.39, 0.29) is 0 Å². The number of nitrogens with zero attached hydrogens (tertiary/aromatic N) is 3. The third-order valence-corrected chi connectivity index (χ3v) is 2.09. The lowest BCUT2D eigenvalue weighted by Crippen LogP contribution is -2.19. The Kier molecular flexibility index (Phi) is 3.29. The van der Waals surface area contributed by atoms with Gasteiger partial charge in [0, 0.05) is 12.7 Å². The Labute approximate surface area is 81.9 Å². The highest BCUT2D eigenvalue weighted by Crippen LogP contribution is 2.12. The molecular weight excluding hydrogens is 188 g/mol. The second-order valence-corrected chi connectivity index (χ2v) is 3.26.